The van der Waals surface area contributed by atoms with E-state index in [2.05, 4.69) is 10.6 Å². The molecule has 6 nitrogen and oxygen atoms in total. The average molecular weight is 391 g/mol. The zero-order valence-electron chi connectivity index (χ0n) is 16.7. The molecule has 0 aliphatic carbocycles. The summed E-state index contributed by atoms with van der Waals surface area (Å²) in [6.45, 7) is 4.55. The van der Waals surface area contributed by atoms with Gasteiger partial charge < -0.3 is 10.6 Å². The second-order valence-electron chi connectivity index (χ2n) is 7.85. The van der Waals surface area contributed by atoms with Crippen molar-refractivity contribution in [1.82, 2.24) is 15.5 Å². The Hall–Kier alpha value is -2.99. The molecule has 2 unspecified atom stereocenters. The van der Waals surface area contributed by atoms with E-state index in [1.54, 1.807) is 0 Å². The van der Waals surface area contributed by atoms with Crippen LogP contribution in [0.15, 0.2) is 48.5 Å². The predicted octanol–water partition coefficient (Wildman–Crippen LogP) is 2.42. The minimum absolute atomic E-state index is 0.130. The van der Waals surface area contributed by atoms with E-state index in [1.807, 2.05) is 62.4 Å². The summed E-state index contributed by atoms with van der Waals surface area (Å²) >= 11 is 0. The first kappa shape index (κ1) is 19.3. The van der Waals surface area contributed by atoms with Gasteiger partial charge in [0.15, 0.2) is 11.3 Å². The third kappa shape index (κ3) is 3.23. The van der Waals surface area contributed by atoms with Crippen LogP contribution in [0.25, 0.3) is 0 Å². The van der Waals surface area contributed by atoms with Crippen molar-refractivity contribution in [1.29, 1.82) is 0 Å². The summed E-state index contributed by atoms with van der Waals surface area (Å²) in [5.41, 5.74) is 2.17. The molecule has 0 radical (unpaired) electrons. The highest BCUT2D eigenvalue weighted by Gasteiger charge is 2.54. The molecule has 2 heterocycles. The Morgan fingerprint density at radius 1 is 1.07 bits per heavy atom. The molecular formula is C23H25N3O3. The Labute approximate surface area is 170 Å². The van der Waals surface area contributed by atoms with Gasteiger partial charge in [0.05, 0.1) is 12.6 Å². The third-order valence-electron chi connectivity index (χ3n) is 6.02. The lowest BCUT2D eigenvalue weighted by molar-refractivity contribution is -0.134. The van der Waals surface area contributed by atoms with Gasteiger partial charge in [-0.2, -0.15) is 0 Å². The Balaban J connectivity index is 1.75. The number of hydrogen-bond donors (Lipinski definition) is 2. The van der Waals surface area contributed by atoms with Crippen LogP contribution in [0, 0.1) is 13.8 Å². The molecule has 0 spiro atoms. The van der Waals surface area contributed by atoms with Crippen LogP contribution >= 0.6 is 0 Å². The number of hydrogen-bond acceptors (Lipinski definition) is 4. The summed E-state index contributed by atoms with van der Waals surface area (Å²) in [6, 6.07) is 14.1. The van der Waals surface area contributed by atoms with Crippen LogP contribution in [0.4, 0.5) is 4.79 Å². The predicted molar refractivity (Wildman–Crippen MR) is 109 cm³/mol. The van der Waals surface area contributed by atoms with Gasteiger partial charge in [-0.15, -0.1) is 0 Å². The zero-order valence-corrected chi connectivity index (χ0v) is 16.7. The van der Waals surface area contributed by atoms with Crippen molar-refractivity contribution in [2.75, 3.05) is 13.1 Å². The van der Waals surface area contributed by atoms with Crippen LogP contribution in [0.5, 0.6) is 0 Å². The van der Waals surface area contributed by atoms with Crippen molar-refractivity contribution in [3.8, 4) is 0 Å². The van der Waals surface area contributed by atoms with Crippen LogP contribution in [0.1, 0.15) is 35.1 Å². The molecule has 0 aromatic heterocycles. The first-order valence-electron chi connectivity index (χ1n) is 9.97. The van der Waals surface area contributed by atoms with Gasteiger partial charge in [-0.3, -0.25) is 14.5 Å². The van der Waals surface area contributed by atoms with Crippen LogP contribution in [-0.2, 0) is 15.1 Å². The highest BCUT2D eigenvalue weighted by atomic mass is 16.2. The largest absolute Gasteiger partial charge is 0.325 e. The lowest BCUT2D eigenvalue weighted by atomic mass is 9.81. The molecule has 29 heavy (non-hydrogen) atoms. The number of carbonyl (C=O) groups excluding carboxylic acids is 3. The number of benzene rings is 2. The molecule has 0 saturated carbocycles. The Kier molecular flexibility index (Phi) is 4.96. The van der Waals surface area contributed by atoms with Gasteiger partial charge in [-0.05, 0) is 55.5 Å². The SMILES string of the molecule is Cc1ccc(C2(c3ccccc3)NC(=O)N(CC(=O)C3CCCN3)C2=O)cc1C. The first-order valence-corrected chi connectivity index (χ1v) is 9.97. The van der Waals surface area contributed by atoms with E-state index in [4.69, 9.17) is 0 Å². The second kappa shape index (κ2) is 7.44. The van der Waals surface area contributed by atoms with Crippen LogP contribution in [-0.4, -0.2) is 41.8 Å². The highest BCUT2D eigenvalue weighted by molar-refractivity contribution is 6.11. The number of urea groups is 1. The smallest absolute Gasteiger partial charge is 0.315 e. The fourth-order valence-corrected chi connectivity index (χ4v) is 4.17. The van der Waals surface area contributed by atoms with E-state index in [0.717, 1.165) is 35.4 Å². The molecule has 6 heteroatoms. The molecule has 2 aliphatic rings. The quantitative estimate of drug-likeness (QED) is 0.768. The van der Waals surface area contributed by atoms with Crippen molar-refractivity contribution >= 4 is 17.7 Å². The van der Waals surface area contributed by atoms with E-state index >= 15 is 0 Å². The van der Waals surface area contributed by atoms with E-state index in [1.165, 1.54) is 0 Å². The highest BCUT2D eigenvalue weighted by Crippen LogP contribution is 2.36. The minimum atomic E-state index is -1.33. The average Bonchev–Trinajstić information content (AvgIpc) is 3.34. The molecule has 2 aromatic rings. The van der Waals surface area contributed by atoms with Gasteiger partial charge in [0.1, 0.15) is 0 Å². The number of rotatable bonds is 5. The van der Waals surface area contributed by atoms with Gasteiger partial charge in [0.25, 0.3) is 5.91 Å². The molecule has 2 saturated heterocycles. The maximum absolute atomic E-state index is 13.7. The number of Topliss-reactive ketones (excluding diaryl/α,β-unsaturated/α-hetero) is 1. The third-order valence-corrected chi connectivity index (χ3v) is 6.02. The number of nitrogens with one attached hydrogen (secondary N) is 2. The molecular weight excluding hydrogens is 366 g/mol. The topological polar surface area (TPSA) is 78.5 Å². The van der Waals surface area contributed by atoms with E-state index in [0.29, 0.717) is 11.1 Å². The lowest BCUT2D eigenvalue weighted by Crippen LogP contribution is -2.46. The first-order chi connectivity index (χ1) is 13.9. The van der Waals surface area contributed by atoms with Gasteiger partial charge in [0.2, 0.25) is 0 Å². The monoisotopic (exact) mass is 391 g/mol. The van der Waals surface area contributed by atoms with Gasteiger partial charge in [-0.1, -0.05) is 48.5 Å². The summed E-state index contributed by atoms with van der Waals surface area (Å²) in [4.78, 5) is 40.2. The summed E-state index contributed by atoms with van der Waals surface area (Å²) < 4.78 is 0. The molecule has 2 atom stereocenters. The molecule has 2 N–H and O–H groups in total. The normalized spacial score (nSPS) is 24.1. The number of carbonyl (C=O) groups is 3. The molecule has 150 valence electrons. The minimum Gasteiger partial charge on any atom is -0.315 e. The summed E-state index contributed by atoms with van der Waals surface area (Å²) in [5, 5.41) is 6.05. The second-order valence-corrected chi connectivity index (χ2v) is 7.85. The molecule has 2 aliphatic heterocycles. The van der Waals surface area contributed by atoms with Crippen LogP contribution in [0.2, 0.25) is 0 Å². The van der Waals surface area contributed by atoms with Gasteiger partial charge >= 0.3 is 6.03 Å². The zero-order chi connectivity index (χ0) is 20.6. The van der Waals surface area contributed by atoms with Gasteiger partial charge in [-0.25, -0.2) is 4.79 Å². The maximum Gasteiger partial charge on any atom is 0.325 e. The summed E-state index contributed by atoms with van der Waals surface area (Å²) in [5.74, 6) is -0.543. The van der Waals surface area contributed by atoms with Gasteiger partial charge in [0, 0.05) is 0 Å². The Morgan fingerprint density at radius 3 is 2.48 bits per heavy atom. The number of amides is 3. The maximum atomic E-state index is 13.7. The van der Waals surface area contributed by atoms with E-state index < -0.39 is 17.5 Å². The van der Waals surface area contributed by atoms with Crippen molar-refractivity contribution in [3.05, 3.63) is 70.8 Å². The van der Waals surface area contributed by atoms with E-state index in [-0.39, 0.29) is 18.4 Å². The summed E-state index contributed by atoms with van der Waals surface area (Å²) in [6.07, 6.45) is 1.66. The Bertz CT molecular complexity index is 967. The van der Waals surface area contributed by atoms with Crippen molar-refractivity contribution in [3.63, 3.8) is 0 Å². The number of ketones is 1. The standard InChI is InChI=1S/C23H25N3O3/c1-15-10-11-18(13-16(15)2)23(17-7-4-3-5-8-17)21(28)26(22(29)25-23)14-20(27)19-9-6-12-24-19/h3-5,7-8,10-11,13,19,24H,6,9,12,14H2,1-2H3,(H,25,29). The number of nitrogens with zero attached hydrogens (tertiary/aromatic N) is 1. The number of imide groups is 1. The molecule has 2 fully saturated rings. The molecule has 3 amide bonds. The van der Waals surface area contributed by atoms with Crippen LogP contribution < -0.4 is 10.6 Å². The Morgan fingerprint density at radius 2 is 1.83 bits per heavy atom. The fourth-order valence-electron chi connectivity index (χ4n) is 4.17. The van der Waals surface area contributed by atoms with E-state index in [9.17, 15) is 14.4 Å². The van der Waals surface area contributed by atoms with Crippen molar-refractivity contribution < 1.29 is 14.4 Å². The van der Waals surface area contributed by atoms with Crippen LogP contribution in [0.3, 0.4) is 0 Å². The lowest BCUT2D eigenvalue weighted by Gasteiger charge is -2.28. The number of aryl methyl sites for hydroxylation is 2. The summed E-state index contributed by atoms with van der Waals surface area (Å²) in [7, 11) is 0. The molecule has 0 bridgehead atoms. The van der Waals surface area contributed by atoms with Crippen molar-refractivity contribution in [2.45, 2.75) is 38.3 Å². The fraction of sp³-hybridized carbons (Fsp3) is 0.348. The molecule has 2 aromatic carbocycles. The van der Waals surface area contributed by atoms with Crippen molar-refractivity contribution in [2.24, 2.45) is 0 Å². The molecule has 4 rings (SSSR count).